The van der Waals surface area contributed by atoms with Gasteiger partial charge in [0.05, 0.1) is 13.0 Å². The maximum absolute atomic E-state index is 11.9. The molecule has 0 aromatic heterocycles. The number of allylic oxidation sites excluding steroid dienone is 1. The molecule has 1 aliphatic carbocycles. The topological polar surface area (TPSA) is 26.3 Å². The number of rotatable bonds is 2. The van der Waals surface area contributed by atoms with Gasteiger partial charge in [-0.25, -0.2) is 0 Å². The van der Waals surface area contributed by atoms with E-state index in [0.717, 1.165) is 6.08 Å². The van der Waals surface area contributed by atoms with Crippen LogP contribution in [0.2, 0.25) is 0 Å². The summed E-state index contributed by atoms with van der Waals surface area (Å²) < 4.78 is 28.3. The summed E-state index contributed by atoms with van der Waals surface area (Å²) >= 11 is 0. The molecule has 1 fully saturated rings. The monoisotopic (exact) mass is 190 g/mol. The lowest BCUT2D eigenvalue weighted by molar-refractivity contribution is -0.143. The Labute approximate surface area is 75.6 Å². The first-order valence-electron chi connectivity index (χ1n) is 4.02. The fourth-order valence-corrected chi connectivity index (χ4v) is 1.70. The Kier molecular flexibility index (Phi) is 2.41. The lowest BCUT2D eigenvalue weighted by Gasteiger charge is -1.98. The molecule has 0 aliphatic heterocycles. The number of hydrogen-bond donors (Lipinski definition) is 0. The van der Waals surface area contributed by atoms with Crippen molar-refractivity contribution in [1.82, 2.24) is 0 Å². The zero-order valence-electron chi connectivity index (χ0n) is 7.80. The van der Waals surface area contributed by atoms with Crippen molar-refractivity contribution in [2.75, 3.05) is 7.11 Å². The number of methoxy groups -OCH3 is 1. The van der Waals surface area contributed by atoms with Crippen LogP contribution >= 0.6 is 0 Å². The molecule has 4 heteroatoms. The summed E-state index contributed by atoms with van der Waals surface area (Å²) in [5, 5.41) is 0. The van der Waals surface area contributed by atoms with Gasteiger partial charge in [0.15, 0.2) is 0 Å². The predicted octanol–water partition coefficient (Wildman–Crippen LogP) is 2.21. The normalized spacial score (nSPS) is 29.3. The minimum atomic E-state index is -1.73. The molecule has 2 nitrogen and oxygen atoms in total. The van der Waals surface area contributed by atoms with Gasteiger partial charge in [0.25, 0.3) is 6.08 Å². The van der Waals surface area contributed by atoms with Crippen molar-refractivity contribution >= 4 is 5.97 Å². The van der Waals surface area contributed by atoms with Gasteiger partial charge in [-0.05, 0) is 11.5 Å². The van der Waals surface area contributed by atoms with E-state index in [2.05, 4.69) is 4.74 Å². The maximum atomic E-state index is 11.9. The second kappa shape index (κ2) is 3.09. The van der Waals surface area contributed by atoms with Crippen molar-refractivity contribution < 1.29 is 18.3 Å². The molecule has 2 atom stereocenters. The van der Waals surface area contributed by atoms with E-state index >= 15 is 0 Å². The van der Waals surface area contributed by atoms with Crippen molar-refractivity contribution in [3.05, 3.63) is 12.2 Å². The molecule has 0 unspecified atom stereocenters. The first kappa shape index (κ1) is 10.2. The van der Waals surface area contributed by atoms with E-state index in [0.29, 0.717) is 0 Å². The number of esters is 1. The van der Waals surface area contributed by atoms with Gasteiger partial charge in [0, 0.05) is 5.92 Å². The molecule has 1 rings (SSSR count). The predicted molar refractivity (Wildman–Crippen MR) is 43.1 cm³/mol. The highest BCUT2D eigenvalue weighted by Crippen LogP contribution is 2.59. The van der Waals surface area contributed by atoms with Crippen LogP contribution in [0.15, 0.2) is 12.2 Å². The molecule has 0 heterocycles. The SMILES string of the molecule is COC(=O)[C@@H]1[C@H](C=C(F)F)C1(C)C. The highest BCUT2D eigenvalue weighted by molar-refractivity contribution is 5.78. The van der Waals surface area contributed by atoms with Crippen molar-refractivity contribution in [3.8, 4) is 0 Å². The standard InChI is InChI=1S/C9H12F2O2/c1-9(2)5(4-6(10)11)7(9)8(12)13-3/h4-5,7H,1-3H3/t5-,7-/m0/s1. The third kappa shape index (κ3) is 1.71. The number of carbonyl (C=O) groups is 1. The van der Waals surface area contributed by atoms with Crippen molar-refractivity contribution in [1.29, 1.82) is 0 Å². The lowest BCUT2D eigenvalue weighted by atomic mass is 10.1. The molecule has 0 amide bonds. The molecule has 0 N–H and O–H groups in total. The first-order valence-corrected chi connectivity index (χ1v) is 4.02. The van der Waals surface area contributed by atoms with Gasteiger partial charge in [-0.15, -0.1) is 0 Å². The fourth-order valence-electron chi connectivity index (χ4n) is 1.70. The highest BCUT2D eigenvalue weighted by atomic mass is 19.3. The fraction of sp³-hybridized carbons (Fsp3) is 0.667. The van der Waals surface area contributed by atoms with Crippen molar-refractivity contribution in [2.45, 2.75) is 13.8 Å². The number of carbonyl (C=O) groups excluding carboxylic acids is 1. The first-order chi connectivity index (χ1) is 5.91. The molecular weight excluding hydrogens is 178 g/mol. The number of ether oxygens (including phenoxy) is 1. The van der Waals surface area contributed by atoms with E-state index in [1.807, 2.05) is 0 Å². The molecular formula is C9H12F2O2. The molecule has 0 aromatic carbocycles. The Morgan fingerprint density at radius 1 is 1.46 bits per heavy atom. The van der Waals surface area contributed by atoms with E-state index < -0.39 is 23.4 Å². The summed E-state index contributed by atoms with van der Waals surface area (Å²) in [6, 6.07) is 0. The maximum Gasteiger partial charge on any atom is 0.309 e. The molecule has 0 radical (unpaired) electrons. The molecule has 0 saturated heterocycles. The van der Waals surface area contributed by atoms with Gasteiger partial charge >= 0.3 is 5.97 Å². The summed E-state index contributed by atoms with van der Waals surface area (Å²) in [6.45, 7) is 3.55. The molecule has 1 aliphatic rings. The smallest absolute Gasteiger partial charge is 0.309 e. The Balaban J connectivity index is 2.72. The summed E-state index contributed by atoms with van der Waals surface area (Å²) in [4.78, 5) is 11.1. The number of halogens is 2. The Bertz CT molecular complexity index is 254. The molecule has 0 spiro atoms. The zero-order chi connectivity index (χ0) is 10.2. The second-order valence-corrected chi connectivity index (χ2v) is 3.80. The van der Waals surface area contributed by atoms with Crippen LogP contribution in [-0.2, 0) is 9.53 Å². The summed E-state index contributed by atoms with van der Waals surface area (Å²) in [5.41, 5.74) is -0.392. The van der Waals surface area contributed by atoms with Gasteiger partial charge in [-0.3, -0.25) is 4.79 Å². The van der Waals surface area contributed by atoms with E-state index in [1.165, 1.54) is 7.11 Å². The van der Waals surface area contributed by atoms with Crippen LogP contribution in [0.5, 0.6) is 0 Å². The van der Waals surface area contributed by atoms with Crippen molar-refractivity contribution in [3.63, 3.8) is 0 Å². The summed E-state index contributed by atoms with van der Waals surface area (Å²) in [6.07, 6.45) is -0.897. The molecule has 0 aromatic rings. The molecule has 0 bridgehead atoms. The van der Waals surface area contributed by atoms with E-state index in [4.69, 9.17) is 0 Å². The summed E-state index contributed by atoms with van der Waals surface area (Å²) in [5.74, 6) is -1.21. The highest BCUT2D eigenvalue weighted by Gasteiger charge is 2.61. The molecule has 13 heavy (non-hydrogen) atoms. The lowest BCUT2D eigenvalue weighted by Crippen LogP contribution is -2.07. The van der Waals surface area contributed by atoms with Gasteiger partial charge in [0.1, 0.15) is 0 Å². The summed E-state index contributed by atoms with van der Waals surface area (Å²) in [7, 11) is 1.27. The molecule has 74 valence electrons. The van der Waals surface area contributed by atoms with Gasteiger partial charge in [0.2, 0.25) is 0 Å². The van der Waals surface area contributed by atoms with E-state index in [-0.39, 0.29) is 5.92 Å². The van der Waals surface area contributed by atoms with Crippen LogP contribution < -0.4 is 0 Å². The van der Waals surface area contributed by atoms with Gasteiger partial charge < -0.3 is 4.74 Å². The Hall–Kier alpha value is -0.930. The van der Waals surface area contributed by atoms with Crippen molar-refractivity contribution in [2.24, 2.45) is 17.3 Å². The molecule has 1 saturated carbocycles. The van der Waals surface area contributed by atoms with E-state index in [9.17, 15) is 13.6 Å². The van der Waals surface area contributed by atoms with Crippen LogP contribution in [0.1, 0.15) is 13.8 Å². The third-order valence-electron chi connectivity index (χ3n) is 2.67. The van der Waals surface area contributed by atoms with Gasteiger partial charge in [-0.2, -0.15) is 8.78 Å². The van der Waals surface area contributed by atoms with Crippen LogP contribution in [0.25, 0.3) is 0 Å². The minimum absolute atomic E-state index is 0.384. The van der Waals surface area contributed by atoms with Crippen LogP contribution in [0.3, 0.4) is 0 Å². The van der Waals surface area contributed by atoms with Gasteiger partial charge in [-0.1, -0.05) is 13.8 Å². The van der Waals surface area contributed by atoms with Crippen LogP contribution in [-0.4, -0.2) is 13.1 Å². The van der Waals surface area contributed by atoms with Crippen LogP contribution in [0, 0.1) is 17.3 Å². The number of hydrogen-bond acceptors (Lipinski definition) is 2. The average molecular weight is 190 g/mol. The minimum Gasteiger partial charge on any atom is -0.469 e. The van der Waals surface area contributed by atoms with Crippen LogP contribution in [0.4, 0.5) is 8.78 Å². The quantitative estimate of drug-likeness (QED) is 0.624. The zero-order valence-corrected chi connectivity index (χ0v) is 7.80. The Morgan fingerprint density at radius 2 is 2.00 bits per heavy atom. The Morgan fingerprint density at radius 3 is 2.38 bits per heavy atom. The largest absolute Gasteiger partial charge is 0.469 e. The van der Waals surface area contributed by atoms with E-state index in [1.54, 1.807) is 13.8 Å². The average Bonchev–Trinajstić information content (AvgIpc) is 2.51. The second-order valence-electron chi connectivity index (χ2n) is 3.80. The third-order valence-corrected chi connectivity index (χ3v) is 2.67.